The minimum Gasteiger partial charge on any atom is -0.368 e. The van der Waals surface area contributed by atoms with E-state index in [1.807, 2.05) is 60.7 Å². The Morgan fingerprint density at radius 1 is 0.789 bits per heavy atom. The summed E-state index contributed by atoms with van der Waals surface area (Å²) in [7, 11) is 0. The van der Waals surface area contributed by atoms with E-state index < -0.39 is 0 Å². The van der Waals surface area contributed by atoms with Crippen LogP contribution in [-0.4, -0.2) is 29.0 Å². The Morgan fingerprint density at radius 3 is 2.18 bits per heavy atom. The molecule has 0 fully saturated rings. The van der Waals surface area contributed by atoms with Crippen LogP contribution in [-0.2, 0) is 6.54 Å². The van der Waals surface area contributed by atoms with E-state index in [9.17, 15) is 9.18 Å². The summed E-state index contributed by atoms with van der Waals surface area (Å²) in [5.41, 5.74) is 10.5. The molecule has 0 radical (unpaired) electrons. The summed E-state index contributed by atoms with van der Waals surface area (Å²) in [6, 6.07) is 28.9. The van der Waals surface area contributed by atoms with E-state index in [0.29, 0.717) is 36.8 Å². The molecule has 38 heavy (non-hydrogen) atoms. The van der Waals surface area contributed by atoms with Crippen molar-refractivity contribution in [2.45, 2.75) is 6.54 Å². The van der Waals surface area contributed by atoms with Crippen LogP contribution in [0.1, 0.15) is 15.9 Å². The van der Waals surface area contributed by atoms with Crippen LogP contribution >= 0.6 is 0 Å². The third-order valence-electron chi connectivity index (χ3n) is 6.03. The Labute approximate surface area is 219 Å². The predicted octanol–water partition coefficient (Wildman–Crippen LogP) is 5.67. The number of carbonyl (C=O) groups excluding carboxylic acids is 1. The molecule has 0 saturated heterocycles. The average Bonchev–Trinajstić information content (AvgIpc) is 2.96. The number of nitrogens with two attached hydrogens (primary N) is 1. The summed E-state index contributed by atoms with van der Waals surface area (Å²) in [6.07, 6.45) is 0. The summed E-state index contributed by atoms with van der Waals surface area (Å²) in [6.45, 7) is 1.64. The monoisotopic (exact) mass is 506 g/mol. The second-order valence-corrected chi connectivity index (χ2v) is 8.72. The Kier molecular flexibility index (Phi) is 7.52. The molecule has 5 aromatic rings. The van der Waals surface area contributed by atoms with Gasteiger partial charge in [-0.1, -0.05) is 48.5 Å². The Bertz CT molecular complexity index is 1540. The summed E-state index contributed by atoms with van der Waals surface area (Å²) >= 11 is 0. The van der Waals surface area contributed by atoms with Gasteiger partial charge < -0.3 is 21.7 Å². The van der Waals surface area contributed by atoms with Gasteiger partial charge in [0.1, 0.15) is 11.6 Å². The summed E-state index contributed by atoms with van der Waals surface area (Å²) in [5.74, 6) is 0.777. The summed E-state index contributed by atoms with van der Waals surface area (Å²) < 4.78 is 13.2. The molecule has 0 unspecified atom stereocenters. The zero-order valence-corrected chi connectivity index (χ0v) is 20.6. The van der Waals surface area contributed by atoms with E-state index >= 15 is 0 Å². The van der Waals surface area contributed by atoms with Gasteiger partial charge in [-0.2, -0.15) is 4.98 Å². The van der Waals surface area contributed by atoms with Gasteiger partial charge in [0.25, 0.3) is 5.91 Å². The first-order valence-corrected chi connectivity index (χ1v) is 12.3. The van der Waals surface area contributed by atoms with Gasteiger partial charge in [-0.15, -0.1) is 0 Å². The van der Waals surface area contributed by atoms with Crippen molar-refractivity contribution in [2.24, 2.45) is 5.73 Å². The highest BCUT2D eigenvalue weighted by Crippen LogP contribution is 2.23. The number of benzene rings is 4. The lowest BCUT2D eigenvalue weighted by atomic mass is 10.0. The molecule has 5 rings (SSSR count). The number of rotatable bonds is 9. The van der Waals surface area contributed by atoms with Gasteiger partial charge in [0.15, 0.2) is 0 Å². The summed E-state index contributed by atoms with van der Waals surface area (Å²) in [4.78, 5) is 21.9. The SMILES string of the molecule is NCCNc1nc(NCc2ccc(NC(=O)c3ccc(-c4ccc(F)cc4)cc3)cc2)nc2ccccc12. The van der Waals surface area contributed by atoms with E-state index in [-0.39, 0.29) is 11.7 Å². The van der Waals surface area contributed by atoms with Crippen LogP contribution in [0.2, 0.25) is 0 Å². The number of aromatic nitrogens is 2. The molecule has 1 amide bonds. The molecule has 1 heterocycles. The van der Waals surface area contributed by atoms with Gasteiger partial charge in [-0.3, -0.25) is 4.79 Å². The van der Waals surface area contributed by atoms with Gasteiger partial charge >= 0.3 is 0 Å². The average molecular weight is 507 g/mol. The summed E-state index contributed by atoms with van der Waals surface area (Å²) in [5, 5.41) is 10.4. The minimum absolute atomic E-state index is 0.205. The van der Waals surface area contributed by atoms with Crippen molar-refractivity contribution >= 4 is 34.3 Å². The first kappa shape index (κ1) is 24.9. The standard InChI is InChI=1S/C30H27FN6O/c31-24-13-11-22(12-14-24)21-7-9-23(10-8-21)29(38)35-25-15-5-20(6-16-25)19-34-30-36-27-4-2-1-3-26(27)28(37-30)33-18-17-32/h1-16H,17-19,32H2,(H,35,38)(H2,33,34,36,37). The first-order valence-electron chi connectivity index (χ1n) is 12.3. The number of hydrogen-bond acceptors (Lipinski definition) is 6. The Balaban J connectivity index is 1.20. The maximum Gasteiger partial charge on any atom is 0.255 e. The van der Waals surface area contributed by atoms with E-state index in [2.05, 4.69) is 25.9 Å². The molecule has 0 bridgehead atoms. The van der Waals surface area contributed by atoms with Crippen LogP contribution in [0.5, 0.6) is 0 Å². The number of fused-ring (bicyclic) bond motifs is 1. The van der Waals surface area contributed by atoms with Crippen molar-refractivity contribution in [2.75, 3.05) is 29.0 Å². The molecule has 8 heteroatoms. The van der Waals surface area contributed by atoms with Crippen molar-refractivity contribution in [3.63, 3.8) is 0 Å². The van der Waals surface area contributed by atoms with Crippen LogP contribution in [0.4, 0.5) is 21.8 Å². The largest absolute Gasteiger partial charge is 0.368 e. The Hall–Kier alpha value is -4.82. The normalized spacial score (nSPS) is 10.8. The highest BCUT2D eigenvalue weighted by Gasteiger charge is 2.09. The molecule has 4 aromatic carbocycles. The predicted molar refractivity (Wildman–Crippen MR) is 151 cm³/mol. The molecule has 0 saturated carbocycles. The molecular formula is C30H27FN6O. The fraction of sp³-hybridized carbons (Fsp3) is 0.100. The van der Waals surface area contributed by atoms with Crippen LogP contribution in [0.15, 0.2) is 97.1 Å². The van der Waals surface area contributed by atoms with Gasteiger partial charge in [0.2, 0.25) is 5.95 Å². The zero-order valence-electron chi connectivity index (χ0n) is 20.6. The lowest BCUT2D eigenvalue weighted by Crippen LogP contribution is -2.15. The molecule has 0 aliphatic heterocycles. The lowest BCUT2D eigenvalue weighted by Gasteiger charge is -2.12. The number of carbonyl (C=O) groups is 1. The van der Waals surface area contributed by atoms with Gasteiger partial charge in [-0.05, 0) is 65.2 Å². The van der Waals surface area contributed by atoms with Crippen molar-refractivity contribution < 1.29 is 9.18 Å². The first-order chi connectivity index (χ1) is 18.6. The van der Waals surface area contributed by atoms with Gasteiger partial charge in [0.05, 0.1) is 5.52 Å². The smallest absolute Gasteiger partial charge is 0.255 e. The van der Waals surface area contributed by atoms with Crippen LogP contribution in [0.3, 0.4) is 0 Å². The molecule has 0 aliphatic rings. The molecule has 1 aromatic heterocycles. The van der Waals surface area contributed by atoms with Crippen molar-refractivity contribution in [1.82, 2.24) is 9.97 Å². The fourth-order valence-electron chi connectivity index (χ4n) is 4.03. The van der Waals surface area contributed by atoms with Crippen molar-refractivity contribution in [3.8, 4) is 11.1 Å². The zero-order chi connectivity index (χ0) is 26.3. The quantitative estimate of drug-likeness (QED) is 0.205. The molecule has 0 atom stereocenters. The second kappa shape index (κ2) is 11.5. The van der Waals surface area contributed by atoms with Crippen LogP contribution in [0.25, 0.3) is 22.0 Å². The Morgan fingerprint density at radius 2 is 1.47 bits per heavy atom. The topological polar surface area (TPSA) is 105 Å². The maximum atomic E-state index is 13.2. The third-order valence-corrected chi connectivity index (χ3v) is 6.03. The fourth-order valence-corrected chi connectivity index (χ4v) is 4.03. The number of halogens is 1. The van der Waals surface area contributed by atoms with E-state index in [4.69, 9.17) is 5.73 Å². The highest BCUT2D eigenvalue weighted by atomic mass is 19.1. The lowest BCUT2D eigenvalue weighted by molar-refractivity contribution is 0.102. The molecule has 7 nitrogen and oxygen atoms in total. The highest BCUT2D eigenvalue weighted by molar-refractivity contribution is 6.04. The van der Waals surface area contributed by atoms with E-state index in [1.165, 1.54) is 12.1 Å². The number of amides is 1. The van der Waals surface area contributed by atoms with Gasteiger partial charge in [-0.25, -0.2) is 9.37 Å². The molecule has 5 N–H and O–H groups in total. The second-order valence-electron chi connectivity index (χ2n) is 8.72. The van der Waals surface area contributed by atoms with Crippen LogP contribution in [0, 0.1) is 5.82 Å². The van der Waals surface area contributed by atoms with Crippen LogP contribution < -0.4 is 21.7 Å². The van der Waals surface area contributed by atoms with Gasteiger partial charge in [0, 0.05) is 36.3 Å². The number of para-hydroxylation sites is 1. The molecule has 0 aliphatic carbocycles. The molecule has 190 valence electrons. The minimum atomic E-state index is -0.279. The number of nitrogens with zero attached hydrogens (tertiary/aromatic N) is 2. The third kappa shape index (κ3) is 5.93. The van der Waals surface area contributed by atoms with Crippen molar-refractivity contribution in [3.05, 3.63) is 114 Å². The molecule has 0 spiro atoms. The number of anilines is 3. The number of hydrogen-bond donors (Lipinski definition) is 4. The van der Waals surface area contributed by atoms with E-state index in [1.54, 1.807) is 24.3 Å². The number of nitrogens with one attached hydrogen (secondary N) is 3. The maximum absolute atomic E-state index is 13.2. The molecular weight excluding hydrogens is 479 g/mol. The van der Waals surface area contributed by atoms with E-state index in [0.717, 1.165) is 33.4 Å². The van der Waals surface area contributed by atoms with Crippen molar-refractivity contribution in [1.29, 1.82) is 0 Å².